The molecule has 0 unspecified atom stereocenters. The van der Waals surface area contributed by atoms with Crippen LogP contribution < -0.4 is 0 Å². The Balaban J connectivity index is 2.22. The van der Waals surface area contributed by atoms with E-state index in [2.05, 4.69) is 22.9 Å². The monoisotopic (exact) mass is 245 g/mol. The van der Waals surface area contributed by atoms with Gasteiger partial charge < -0.3 is 9.80 Å². The minimum absolute atomic E-state index is 0.256. The molecule has 1 aliphatic rings. The zero-order valence-electron chi connectivity index (χ0n) is 10.4. The molecular weight excluding hydrogens is 229 g/mol. The molecule has 0 atom stereocenters. The van der Waals surface area contributed by atoms with Crippen LogP contribution in [0.1, 0.15) is 5.56 Å². The highest BCUT2D eigenvalue weighted by Gasteiger charge is 2.17. The molecule has 0 N–H and O–H groups in total. The van der Waals surface area contributed by atoms with E-state index in [1.165, 1.54) is 12.1 Å². The van der Waals surface area contributed by atoms with E-state index in [1.807, 2.05) is 0 Å². The van der Waals surface area contributed by atoms with Crippen molar-refractivity contribution < 1.29 is 4.39 Å². The maximum Gasteiger partial charge on any atom is 0.123 e. The molecule has 0 aromatic heterocycles. The number of halogens is 1. The smallest absolute Gasteiger partial charge is 0.123 e. The number of rotatable bonds is 2. The normalized spacial score (nSPS) is 17.6. The molecule has 0 saturated carbocycles. The SMILES string of the molecule is CN1CCN(/C(=C/C#N)c2ccc(F)cc2)CC1. The molecule has 18 heavy (non-hydrogen) atoms. The van der Waals surface area contributed by atoms with E-state index in [-0.39, 0.29) is 5.82 Å². The second-order valence-electron chi connectivity index (χ2n) is 4.46. The average molecular weight is 245 g/mol. The first kappa shape index (κ1) is 12.6. The molecule has 1 heterocycles. The van der Waals surface area contributed by atoms with Gasteiger partial charge in [0.2, 0.25) is 0 Å². The first-order valence-corrected chi connectivity index (χ1v) is 6.00. The fourth-order valence-corrected chi connectivity index (χ4v) is 2.09. The largest absolute Gasteiger partial charge is 0.368 e. The summed E-state index contributed by atoms with van der Waals surface area (Å²) in [7, 11) is 2.09. The second kappa shape index (κ2) is 5.65. The van der Waals surface area contributed by atoms with Crippen LogP contribution in [-0.2, 0) is 0 Å². The number of likely N-dealkylation sites (N-methyl/N-ethyl adjacent to an activating group) is 1. The molecule has 0 bridgehead atoms. The van der Waals surface area contributed by atoms with Crippen LogP contribution in [0.15, 0.2) is 30.3 Å². The van der Waals surface area contributed by atoms with Gasteiger partial charge in [0.05, 0.1) is 11.8 Å². The lowest BCUT2D eigenvalue weighted by molar-refractivity contribution is 0.207. The van der Waals surface area contributed by atoms with E-state index in [0.29, 0.717) is 0 Å². The minimum Gasteiger partial charge on any atom is -0.368 e. The Bertz CT molecular complexity index is 465. The second-order valence-corrected chi connectivity index (χ2v) is 4.46. The molecule has 94 valence electrons. The van der Waals surface area contributed by atoms with Gasteiger partial charge in [-0.2, -0.15) is 5.26 Å². The molecule has 1 saturated heterocycles. The van der Waals surface area contributed by atoms with Crippen molar-refractivity contribution in [3.05, 3.63) is 41.7 Å². The third-order valence-corrected chi connectivity index (χ3v) is 3.19. The van der Waals surface area contributed by atoms with Crippen LogP contribution in [0, 0.1) is 17.1 Å². The zero-order valence-corrected chi connectivity index (χ0v) is 10.4. The van der Waals surface area contributed by atoms with E-state index in [1.54, 1.807) is 18.2 Å². The van der Waals surface area contributed by atoms with Crippen molar-refractivity contribution in [2.75, 3.05) is 33.2 Å². The summed E-state index contributed by atoms with van der Waals surface area (Å²) in [6.45, 7) is 3.73. The lowest BCUT2D eigenvalue weighted by Crippen LogP contribution is -2.43. The topological polar surface area (TPSA) is 30.3 Å². The van der Waals surface area contributed by atoms with E-state index >= 15 is 0 Å². The standard InChI is InChI=1S/C14H16FN3/c1-17-8-10-18(11-9-17)14(6-7-16)12-2-4-13(15)5-3-12/h2-6H,8-11H2,1H3/b14-6+. The summed E-state index contributed by atoms with van der Waals surface area (Å²) in [6, 6.07) is 8.37. The van der Waals surface area contributed by atoms with Crippen LogP contribution in [0.4, 0.5) is 4.39 Å². The fraction of sp³-hybridized carbons (Fsp3) is 0.357. The van der Waals surface area contributed by atoms with Gasteiger partial charge in [-0.25, -0.2) is 4.39 Å². The Hall–Kier alpha value is -1.86. The van der Waals surface area contributed by atoms with E-state index in [0.717, 1.165) is 37.4 Å². The van der Waals surface area contributed by atoms with Gasteiger partial charge >= 0.3 is 0 Å². The maximum atomic E-state index is 12.9. The van der Waals surface area contributed by atoms with E-state index in [9.17, 15) is 4.39 Å². The van der Waals surface area contributed by atoms with Crippen molar-refractivity contribution in [1.82, 2.24) is 9.80 Å². The van der Waals surface area contributed by atoms with Crippen LogP contribution in [0.3, 0.4) is 0 Å². The third kappa shape index (κ3) is 2.88. The summed E-state index contributed by atoms with van der Waals surface area (Å²) in [5.74, 6) is -0.256. The molecular formula is C14H16FN3. The molecule has 1 aromatic rings. The number of allylic oxidation sites excluding steroid dienone is 1. The van der Waals surface area contributed by atoms with Crippen molar-refractivity contribution in [3.63, 3.8) is 0 Å². The molecule has 4 heteroatoms. The summed E-state index contributed by atoms with van der Waals surface area (Å²) >= 11 is 0. The minimum atomic E-state index is -0.256. The maximum absolute atomic E-state index is 12.9. The van der Waals surface area contributed by atoms with E-state index in [4.69, 9.17) is 5.26 Å². The van der Waals surface area contributed by atoms with E-state index < -0.39 is 0 Å². The number of nitrogens with zero attached hydrogens (tertiary/aromatic N) is 3. The number of hydrogen-bond donors (Lipinski definition) is 0. The third-order valence-electron chi connectivity index (χ3n) is 3.19. The van der Waals surface area contributed by atoms with Gasteiger partial charge in [0.25, 0.3) is 0 Å². The van der Waals surface area contributed by atoms with Crippen LogP contribution >= 0.6 is 0 Å². The summed E-state index contributed by atoms with van der Waals surface area (Å²) < 4.78 is 12.9. The number of hydrogen-bond acceptors (Lipinski definition) is 3. The highest BCUT2D eigenvalue weighted by molar-refractivity contribution is 5.66. The Kier molecular flexibility index (Phi) is 3.96. The van der Waals surface area contributed by atoms with Crippen LogP contribution in [0.5, 0.6) is 0 Å². The van der Waals surface area contributed by atoms with Crippen LogP contribution in [0.25, 0.3) is 5.70 Å². The predicted octanol–water partition coefficient (Wildman–Crippen LogP) is 1.94. The van der Waals surface area contributed by atoms with Gasteiger partial charge in [-0.1, -0.05) is 0 Å². The highest BCUT2D eigenvalue weighted by atomic mass is 19.1. The van der Waals surface area contributed by atoms with Crippen LogP contribution in [0.2, 0.25) is 0 Å². The van der Waals surface area contributed by atoms with Gasteiger partial charge in [-0.05, 0) is 36.9 Å². The Labute approximate surface area is 107 Å². The fourth-order valence-electron chi connectivity index (χ4n) is 2.09. The molecule has 2 rings (SSSR count). The summed E-state index contributed by atoms with van der Waals surface area (Å²) in [4.78, 5) is 4.43. The molecule has 1 aliphatic heterocycles. The van der Waals surface area contributed by atoms with Gasteiger partial charge in [0.1, 0.15) is 5.82 Å². The molecule has 0 radical (unpaired) electrons. The highest BCUT2D eigenvalue weighted by Crippen LogP contribution is 2.20. The summed E-state index contributed by atoms with van der Waals surface area (Å²) in [5.41, 5.74) is 1.77. The molecule has 1 aromatic carbocycles. The van der Waals surface area contributed by atoms with Crippen molar-refractivity contribution >= 4 is 5.70 Å². The first-order chi connectivity index (χ1) is 8.70. The summed E-state index contributed by atoms with van der Waals surface area (Å²) in [6.07, 6.45) is 1.54. The Morgan fingerprint density at radius 1 is 1.22 bits per heavy atom. The quantitative estimate of drug-likeness (QED) is 0.746. The Morgan fingerprint density at radius 2 is 1.83 bits per heavy atom. The molecule has 0 amide bonds. The zero-order chi connectivity index (χ0) is 13.0. The van der Waals surface area contributed by atoms with Gasteiger partial charge in [0.15, 0.2) is 0 Å². The number of piperazine rings is 1. The average Bonchev–Trinajstić information content (AvgIpc) is 2.39. The first-order valence-electron chi connectivity index (χ1n) is 6.00. The predicted molar refractivity (Wildman–Crippen MR) is 69.1 cm³/mol. The van der Waals surface area contributed by atoms with Crippen molar-refractivity contribution in [1.29, 1.82) is 5.26 Å². The van der Waals surface area contributed by atoms with Gasteiger partial charge in [-0.3, -0.25) is 0 Å². The molecule has 0 spiro atoms. The summed E-state index contributed by atoms with van der Waals surface area (Å²) in [5, 5.41) is 8.90. The molecule has 3 nitrogen and oxygen atoms in total. The molecule has 0 aliphatic carbocycles. The van der Waals surface area contributed by atoms with Crippen LogP contribution in [-0.4, -0.2) is 43.0 Å². The number of benzene rings is 1. The lowest BCUT2D eigenvalue weighted by Gasteiger charge is -2.35. The van der Waals surface area contributed by atoms with Crippen molar-refractivity contribution in [2.24, 2.45) is 0 Å². The molecule has 1 fully saturated rings. The van der Waals surface area contributed by atoms with Gasteiger partial charge in [-0.15, -0.1) is 0 Å². The lowest BCUT2D eigenvalue weighted by atomic mass is 10.1. The van der Waals surface area contributed by atoms with Crippen molar-refractivity contribution in [2.45, 2.75) is 0 Å². The Morgan fingerprint density at radius 3 is 2.39 bits per heavy atom. The van der Waals surface area contributed by atoms with Crippen molar-refractivity contribution in [3.8, 4) is 6.07 Å². The number of nitriles is 1. The van der Waals surface area contributed by atoms with Gasteiger partial charge in [0, 0.05) is 32.3 Å².